The van der Waals surface area contributed by atoms with Gasteiger partial charge in [0.05, 0.1) is 16.8 Å². The van der Waals surface area contributed by atoms with E-state index in [4.69, 9.17) is 39.6 Å². The van der Waals surface area contributed by atoms with E-state index in [1.54, 1.807) is 18.5 Å². The van der Waals surface area contributed by atoms with Crippen molar-refractivity contribution < 1.29 is 18.0 Å². The Hall–Kier alpha value is -3.93. The molecule has 3 aromatic heterocycles. The molecular weight excluding hydrogens is 650 g/mol. The summed E-state index contributed by atoms with van der Waals surface area (Å²) in [5.74, 6) is -1.89. The Bertz CT molecular complexity index is 1790. The highest BCUT2D eigenvalue weighted by molar-refractivity contribution is 6.35. The first kappa shape index (κ1) is 32.5. The van der Waals surface area contributed by atoms with Crippen molar-refractivity contribution in [3.63, 3.8) is 0 Å². The number of benzene rings is 2. The number of nitrogens with zero attached hydrogens (tertiary/aromatic N) is 7. The highest BCUT2D eigenvalue weighted by atomic mass is 35.5. The van der Waals surface area contributed by atoms with Gasteiger partial charge in [0, 0.05) is 59.6 Å². The summed E-state index contributed by atoms with van der Waals surface area (Å²) in [6.45, 7) is 3.50. The predicted molar refractivity (Wildman–Crippen MR) is 170 cm³/mol. The van der Waals surface area contributed by atoms with Gasteiger partial charge in [-0.3, -0.25) is 4.98 Å². The number of piperidine rings is 1. The Morgan fingerprint density at radius 3 is 2.31 bits per heavy atom. The lowest BCUT2D eigenvalue weighted by molar-refractivity contribution is 0.213. The fourth-order valence-electron chi connectivity index (χ4n) is 5.03. The molecule has 0 N–H and O–H groups in total. The molecule has 5 aromatic rings. The molecule has 1 fully saturated rings. The SMILES string of the molecule is CC1CCN(c2c(-c3c(F)cc(F)cc3F)c(Cl)nc3ncnn23)CC1.CO/N=C(\Cc1cccnc1)c1cc(Cl)cc(Cl)c1. The van der Waals surface area contributed by atoms with Gasteiger partial charge in [0.2, 0.25) is 0 Å². The van der Waals surface area contributed by atoms with Crippen LogP contribution in [0.4, 0.5) is 19.0 Å². The van der Waals surface area contributed by atoms with Crippen LogP contribution in [-0.4, -0.2) is 50.5 Å². The highest BCUT2D eigenvalue weighted by Gasteiger charge is 2.29. The largest absolute Gasteiger partial charge is 0.399 e. The third-order valence-corrected chi connectivity index (χ3v) is 7.90. The van der Waals surface area contributed by atoms with Crippen LogP contribution in [0.1, 0.15) is 30.9 Å². The lowest BCUT2D eigenvalue weighted by Gasteiger charge is -2.33. The molecule has 0 unspecified atom stereocenters. The van der Waals surface area contributed by atoms with E-state index in [1.807, 2.05) is 29.2 Å². The third kappa shape index (κ3) is 7.66. The number of rotatable bonds is 6. The topological polar surface area (TPSA) is 80.8 Å². The molecule has 14 heteroatoms. The van der Waals surface area contributed by atoms with Crippen LogP contribution in [-0.2, 0) is 11.3 Å². The zero-order chi connectivity index (χ0) is 32.1. The van der Waals surface area contributed by atoms with Gasteiger partial charge in [-0.1, -0.05) is 52.9 Å². The summed E-state index contributed by atoms with van der Waals surface area (Å²) in [6, 6.07) is 10.4. The van der Waals surface area contributed by atoms with Crippen molar-refractivity contribution in [3.8, 4) is 11.1 Å². The number of hydrogen-bond donors (Lipinski definition) is 0. The van der Waals surface area contributed by atoms with Crippen molar-refractivity contribution in [3.05, 3.63) is 105 Å². The summed E-state index contributed by atoms with van der Waals surface area (Å²) in [5, 5.41) is 9.21. The Kier molecular flexibility index (Phi) is 10.4. The normalized spacial score (nSPS) is 14.0. The molecule has 0 radical (unpaired) electrons. The van der Waals surface area contributed by atoms with Crippen LogP contribution in [0.5, 0.6) is 0 Å². The molecule has 2 aromatic carbocycles. The van der Waals surface area contributed by atoms with E-state index in [0.717, 1.165) is 29.7 Å². The second-order valence-electron chi connectivity index (χ2n) is 10.4. The Morgan fingerprint density at radius 1 is 1.00 bits per heavy atom. The van der Waals surface area contributed by atoms with Crippen LogP contribution in [0.2, 0.25) is 15.2 Å². The van der Waals surface area contributed by atoms with Crippen molar-refractivity contribution in [2.24, 2.45) is 11.1 Å². The van der Waals surface area contributed by atoms with Gasteiger partial charge < -0.3 is 9.74 Å². The Balaban J connectivity index is 0.000000187. The van der Waals surface area contributed by atoms with Gasteiger partial charge in [0.25, 0.3) is 5.78 Å². The average molecular weight is 677 g/mol. The van der Waals surface area contributed by atoms with Crippen LogP contribution in [0.15, 0.2) is 66.3 Å². The number of halogens is 6. The van der Waals surface area contributed by atoms with E-state index in [0.29, 0.717) is 53.4 Å². The molecule has 8 nitrogen and oxygen atoms in total. The minimum atomic E-state index is -1.04. The minimum Gasteiger partial charge on any atom is -0.399 e. The first-order valence-corrected chi connectivity index (χ1v) is 15.0. The molecule has 1 aliphatic heterocycles. The fourth-order valence-corrected chi connectivity index (χ4v) is 5.81. The number of fused-ring (bicyclic) bond motifs is 1. The molecule has 1 saturated heterocycles. The van der Waals surface area contributed by atoms with Crippen LogP contribution in [0.3, 0.4) is 0 Å². The highest BCUT2D eigenvalue weighted by Crippen LogP contribution is 2.40. The first-order valence-electron chi connectivity index (χ1n) is 13.9. The zero-order valence-electron chi connectivity index (χ0n) is 24.2. The van der Waals surface area contributed by atoms with E-state index in [1.165, 1.54) is 18.0 Å². The van der Waals surface area contributed by atoms with Crippen molar-refractivity contribution >= 4 is 52.1 Å². The standard InChI is InChI=1S/C17H15ClF3N5.C14H12Cl2N2O/c1-9-2-4-25(5-3-9)16-14(13-11(20)6-10(19)7-12(13)21)15(18)24-17-22-8-23-26(16)17;1-19-18-14(5-10-3-2-4-17-9-10)11-6-12(15)8-13(16)7-11/h6-9H,2-5H2,1H3;2-4,6-9H,5H2,1H3/b;18-14+. The predicted octanol–water partition coefficient (Wildman–Crippen LogP) is 8.08. The van der Waals surface area contributed by atoms with Crippen LogP contribution in [0.25, 0.3) is 16.9 Å². The van der Waals surface area contributed by atoms with Gasteiger partial charge in [0.1, 0.15) is 41.9 Å². The second-order valence-corrected chi connectivity index (χ2v) is 11.6. The molecule has 0 amide bonds. The van der Waals surface area contributed by atoms with Crippen molar-refractivity contribution in [1.82, 2.24) is 24.6 Å². The van der Waals surface area contributed by atoms with Gasteiger partial charge in [-0.05, 0) is 48.6 Å². The smallest absolute Gasteiger partial charge is 0.255 e. The van der Waals surface area contributed by atoms with E-state index in [2.05, 4.69) is 32.1 Å². The van der Waals surface area contributed by atoms with E-state index in [-0.39, 0.29) is 16.5 Å². The third-order valence-electron chi connectivity index (χ3n) is 7.19. The van der Waals surface area contributed by atoms with E-state index >= 15 is 0 Å². The number of anilines is 1. The Morgan fingerprint density at radius 2 is 1.69 bits per heavy atom. The fraction of sp³-hybridized carbons (Fsp3) is 0.258. The maximum Gasteiger partial charge on any atom is 0.255 e. The molecule has 0 aliphatic carbocycles. The molecule has 0 bridgehead atoms. The molecule has 4 heterocycles. The van der Waals surface area contributed by atoms with Crippen LogP contribution < -0.4 is 4.90 Å². The summed E-state index contributed by atoms with van der Waals surface area (Å²) in [5.41, 5.74) is 2.25. The monoisotopic (exact) mass is 675 g/mol. The van der Waals surface area contributed by atoms with Crippen molar-refractivity contribution in [2.45, 2.75) is 26.2 Å². The summed E-state index contributed by atoms with van der Waals surface area (Å²) in [7, 11) is 1.51. The summed E-state index contributed by atoms with van der Waals surface area (Å²) in [6.07, 6.45) is 7.26. The molecule has 1 aliphatic rings. The van der Waals surface area contributed by atoms with Gasteiger partial charge in [-0.15, -0.1) is 0 Å². The van der Waals surface area contributed by atoms with Crippen molar-refractivity contribution in [1.29, 1.82) is 0 Å². The summed E-state index contributed by atoms with van der Waals surface area (Å²) in [4.78, 5) is 19.0. The zero-order valence-corrected chi connectivity index (χ0v) is 26.5. The number of hydrogen-bond acceptors (Lipinski definition) is 7. The number of oxime groups is 1. The first-order chi connectivity index (χ1) is 21.6. The molecular formula is C31H27Cl3F3N7O. The number of pyridine rings is 1. The lowest BCUT2D eigenvalue weighted by Crippen LogP contribution is -2.35. The second kappa shape index (κ2) is 14.4. The van der Waals surface area contributed by atoms with Crippen molar-refractivity contribution in [2.75, 3.05) is 25.1 Å². The molecule has 45 heavy (non-hydrogen) atoms. The van der Waals surface area contributed by atoms with Gasteiger partial charge in [-0.2, -0.15) is 19.6 Å². The molecule has 0 atom stereocenters. The average Bonchev–Trinajstić information content (AvgIpc) is 3.45. The van der Waals surface area contributed by atoms with Crippen LogP contribution in [0, 0.1) is 23.4 Å². The quantitative estimate of drug-likeness (QED) is 0.103. The molecule has 0 saturated carbocycles. The molecule has 6 rings (SSSR count). The Labute approximate surface area is 272 Å². The number of aromatic nitrogens is 5. The van der Waals surface area contributed by atoms with Gasteiger partial charge >= 0.3 is 0 Å². The molecule has 234 valence electrons. The lowest BCUT2D eigenvalue weighted by atomic mass is 9.98. The van der Waals surface area contributed by atoms with Crippen LogP contribution >= 0.6 is 34.8 Å². The van der Waals surface area contributed by atoms with E-state index < -0.39 is 23.0 Å². The summed E-state index contributed by atoms with van der Waals surface area (Å²) < 4.78 is 43.7. The maximum absolute atomic E-state index is 14.5. The van der Waals surface area contributed by atoms with Gasteiger partial charge in [0.15, 0.2) is 0 Å². The maximum atomic E-state index is 14.5. The van der Waals surface area contributed by atoms with Gasteiger partial charge in [-0.25, -0.2) is 13.2 Å². The van der Waals surface area contributed by atoms with E-state index in [9.17, 15) is 13.2 Å². The minimum absolute atomic E-state index is 0.0502. The molecule has 0 spiro atoms. The summed E-state index contributed by atoms with van der Waals surface area (Å²) >= 11 is 18.3.